The Morgan fingerprint density at radius 1 is 0.211 bits per heavy atom. The van der Waals surface area contributed by atoms with Crippen molar-refractivity contribution < 1.29 is 0 Å². The molecule has 2 heteroatoms. The summed E-state index contributed by atoms with van der Waals surface area (Å²) >= 11 is 0. The average molecular weight is 1160 g/mol. The molecule has 0 saturated heterocycles. The molecular formula is C88H76N2. The molecule has 0 bridgehead atoms. The first-order valence-corrected chi connectivity index (χ1v) is 32.5. The highest BCUT2D eigenvalue weighted by atomic mass is 15.1. The number of nitrogens with zero attached hydrogens (tertiary/aromatic N) is 2. The molecule has 2 aliphatic rings. The molecule has 0 aliphatic heterocycles. The van der Waals surface area contributed by atoms with Crippen LogP contribution in [0.1, 0.15) is 146 Å². The minimum atomic E-state index is -0.691. The normalized spacial score (nSPS) is 13.5. The van der Waals surface area contributed by atoms with E-state index >= 15 is 0 Å². The van der Waals surface area contributed by atoms with Crippen molar-refractivity contribution in [2.24, 2.45) is 0 Å². The maximum atomic E-state index is 2.66. The summed E-state index contributed by atoms with van der Waals surface area (Å²) in [6.07, 6.45) is 0. The highest BCUT2D eigenvalue weighted by Crippen LogP contribution is 2.64. The third-order valence-corrected chi connectivity index (χ3v) is 19.9. The van der Waals surface area contributed by atoms with Crippen LogP contribution in [-0.2, 0) is 10.8 Å². The van der Waals surface area contributed by atoms with Gasteiger partial charge in [0, 0.05) is 34.1 Å². The Morgan fingerprint density at radius 2 is 0.456 bits per heavy atom. The predicted molar refractivity (Wildman–Crippen MR) is 382 cm³/mol. The van der Waals surface area contributed by atoms with Crippen molar-refractivity contribution in [2.75, 3.05) is 9.80 Å². The van der Waals surface area contributed by atoms with E-state index in [1.165, 1.54) is 111 Å². The van der Waals surface area contributed by atoms with Crippen molar-refractivity contribution in [3.05, 3.63) is 358 Å². The van der Waals surface area contributed by atoms with Gasteiger partial charge >= 0.3 is 0 Å². The molecule has 0 atom stereocenters. The van der Waals surface area contributed by atoms with Crippen LogP contribution in [0.15, 0.2) is 291 Å². The van der Waals surface area contributed by atoms with E-state index < -0.39 is 10.8 Å². The number of rotatable bonds is 14. The molecule has 0 saturated carbocycles. The van der Waals surface area contributed by atoms with Crippen LogP contribution in [0.5, 0.6) is 0 Å². The lowest BCUT2D eigenvalue weighted by molar-refractivity contribution is 0.745. The van der Waals surface area contributed by atoms with Gasteiger partial charge in [-0.25, -0.2) is 0 Å². The van der Waals surface area contributed by atoms with Crippen LogP contribution >= 0.6 is 0 Å². The van der Waals surface area contributed by atoms with Gasteiger partial charge in [0.25, 0.3) is 0 Å². The van der Waals surface area contributed by atoms with Crippen LogP contribution in [0.2, 0.25) is 0 Å². The minimum absolute atomic E-state index is 0.437. The van der Waals surface area contributed by atoms with Crippen molar-refractivity contribution in [1.82, 2.24) is 0 Å². The maximum absolute atomic E-state index is 2.66. The van der Waals surface area contributed by atoms with Crippen LogP contribution in [0.3, 0.4) is 0 Å². The summed E-state index contributed by atoms with van der Waals surface area (Å²) in [5, 5.41) is 4.81. The lowest BCUT2D eigenvalue weighted by Gasteiger charge is -2.37. The van der Waals surface area contributed by atoms with Crippen LogP contribution in [0.4, 0.5) is 34.1 Å². The molecule has 15 rings (SSSR count). The topological polar surface area (TPSA) is 6.48 Å². The van der Waals surface area contributed by atoms with E-state index in [2.05, 4.69) is 356 Å². The molecule has 0 heterocycles. The third-order valence-electron chi connectivity index (χ3n) is 19.9. The average Bonchev–Trinajstić information content (AvgIpc) is 1.50. The monoisotopic (exact) mass is 1160 g/mol. The molecule has 2 nitrogen and oxygen atoms in total. The van der Waals surface area contributed by atoms with Crippen molar-refractivity contribution in [3.63, 3.8) is 0 Å². The van der Waals surface area contributed by atoms with Gasteiger partial charge in [-0.2, -0.15) is 0 Å². The van der Waals surface area contributed by atoms with E-state index in [1.807, 2.05) is 0 Å². The summed E-state index contributed by atoms with van der Waals surface area (Å²) in [5.74, 6) is 1.75. The maximum Gasteiger partial charge on any atom is 0.0713 e. The van der Waals surface area contributed by atoms with Gasteiger partial charge in [0.15, 0.2) is 0 Å². The molecule has 13 aromatic rings. The molecule has 2 aliphatic carbocycles. The van der Waals surface area contributed by atoms with Crippen LogP contribution in [0, 0.1) is 0 Å². The van der Waals surface area contributed by atoms with E-state index in [1.54, 1.807) is 0 Å². The largest absolute Gasteiger partial charge is 0.310 e. The second-order valence-electron chi connectivity index (χ2n) is 26.4. The fourth-order valence-corrected chi connectivity index (χ4v) is 15.1. The van der Waals surface area contributed by atoms with Crippen molar-refractivity contribution >= 4 is 55.7 Å². The van der Waals surface area contributed by atoms with Gasteiger partial charge < -0.3 is 9.80 Å². The summed E-state index contributed by atoms with van der Waals surface area (Å²) < 4.78 is 0. The molecule has 0 amide bonds. The van der Waals surface area contributed by atoms with E-state index in [0.29, 0.717) is 23.7 Å². The smallest absolute Gasteiger partial charge is 0.0713 e. The Kier molecular flexibility index (Phi) is 14.1. The zero-order valence-corrected chi connectivity index (χ0v) is 52.9. The molecule has 0 aromatic heterocycles. The van der Waals surface area contributed by atoms with Crippen molar-refractivity contribution in [1.29, 1.82) is 0 Å². The molecule has 0 fully saturated rings. The fraction of sp³-hybridized carbons (Fsp3) is 0.159. The van der Waals surface area contributed by atoms with Crippen LogP contribution < -0.4 is 9.80 Å². The van der Waals surface area contributed by atoms with Gasteiger partial charge in [-0.3, -0.25) is 0 Å². The summed E-state index contributed by atoms with van der Waals surface area (Å²) in [6.45, 7) is 18.1. The highest BCUT2D eigenvalue weighted by molar-refractivity contribution is 6.03. The second kappa shape index (κ2) is 22.5. The number of benzene rings is 13. The van der Waals surface area contributed by atoms with E-state index in [9.17, 15) is 0 Å². The van der Waals surface area contributed by atoms with E-state index in [-0.39, 0.29) is 0 Å². The summed E-state index contributed by atoms with van der Waals surface area (Å²) in [4.78, 5) is 4.87. The lowest BCUT2D eigenvalue weighted by Crippen LogP contribution is -2.31. The first kappa shape index (κ1) is 56.5. The minimum Gasteiger partial charge on any atom is -0.310 e. The van der Waals surface area contributed by atoms with Crippen LogP contribution in [0.25, 0.3) is 43.8 Å². The zero-order chi connectivity index (χ0) is 61.4. The summed E-state index contributed by atoms with van der Waals surface area (Å²) in [5.41, 5.74) is 25.9. The molecule has 0 unspecified atom stereocenters. The van der Waals surface area contributed by atoms with Crippen molar-refractivity contribution in [3.8, 4) is 22.3 Å². The fourth-order valence-electron chi connectivity index (χ4n) is 15.1. The molecule has 0 N–H and O–H groups in total. The first-order chi connectivity index (χ1) is 43.9. The summed E-state index contributed by atoms with van der Waals surface area (Å²) in [7, 11) is 0. The predicted octanol–water partition coefficient (Wildman–Crippen LogP) is 24.2. The Bertz CT molecular complexity index is 4290. The number of anilines is 6. The lowest BCUT2D eigenvalue weighted by atomic mass is 9.64. The zero-order valence-electron chi connectivity index (χ0n) is 52.9. The molecule has 0 radical (unpaired) electrons. The Hall–Kier alpha value is -10.0. The van der Waals surface area contributed by atoms with Gasteiger partial charge in [0.05, 0.1) is 10.8 Å². The molecular weight excluding hydrogens is 1080 g/mol. The van der Waals surface area contributed by atoms with Gasteiger partial charge in [-0.15, -0.1) is 0 Å². The van der Waals surface area contributed by atoms with Crippen molar-refractivity contribution in [2.45, 2.75) is 89.9 Å². The standard InChI is InChI=1S/C88H76N2/c1-57(2)61-29-39-73(40-30-61)89(74-41-31-62(32-42-74)58(3)4)77-47-37-65-51-79-81-55-82-80-52-66-38-48-78(90(75-43-33-63(34-44-75)59(5)6)76-45-35-64(36-46-76)60(7)8)50-68(66)54-84(80)88(71-25-17-11-18-26-71,72-27-19-12-20-28-72)86(82)56-85(81)87(69-21-13-9-14-22-69,70-23-15-10-16-24-70)83(79)53-67(65)49-77/h9-60H,1-8H3. The Labute approximate surface area is 532 Å². The molecule has 90 heavy (non-hydrogen) atoms. The molecule has 438 valence electrons. The highest BCUT2D eigenvalue weighted by Gasteiger charge is 2.52. The quantitative estimate of drug-likeness (QED) is 0.107. The van der Waals surface area contributed by atoms with E-state index in [0.717, 1.165) is 34.1 Å². The third kappa shape index (κ3) is 9.21. The van der Waals surface area contributed by atoms with Gasteiger partial charge in [0.2, 0.25) is 0 Å². The van der Waals surface area contributed by atoms with Gasteiger partial charge in [-0.05, 0) is 237 Å². The number of hydrogen-bond donors (Lipinski definition) is 0. The first-order valence-electron chi connectivity index (χ1n) is 32.5. The Morgan fingerprint density at radius 3 is 0.722 bits per heavy atom. The number of hydrogen-bond acceptors (Lipinski definition) is 2. The molecule has 0 spiro atoms. The number of fused-ring (bicyclic) bond motifs is 8. The van der Waals surface area contributed by atoms with Gasteiger partial charge in [0.1, 0.15) is 0 Å². The second-order valence-corrected chi connectivity index (χ2v) is 26.4. The van der Waals surface area contributed by atoms with Gasteiger partial charge in [-0.1, -0.05) is 243 Å². The van der Waals surface area contributed by atoms with E-state index in [4.69, 9.17) is 0 Å². The summed E-state index contributed by atoms with van der Waals surface area (Å²) in [6, 6.07) is 112. The Balaban J connectivity index is 0.980. The molecule has 13 aromatic carbocycles. The SMILES string of the molecule is CC(C)c1ccc(N(c2ccc(C(C)C)cc2)c2ccc3cc4c(cc3c2)C(c2ccccc2)(c2ccccc2)c2cc3c(cc2-4)-c2cc4ccc(N(c5ccc(C(C)C)cc5)c5ccc(C(C)C)cc5)cc4cc2C3(c2ccccc2)c2ccccc2)cc1. The van der Waals surface area contributed by atoms with Crippen LogP contribution in [-0.4, -0.2) is 0 Å².